The number of phenols is 2. The van der Waals surface area contributed by atoms with Crippen LogP contribution >= 0.6 is 11.8 Å². The van der Waals surface area contributed by atoms with Gasteiger partial charge in [0.25, 0.3) is 5.69 Å². The molecule has 1 fully saturated rings. The van der Waals surface area contributed by atoms with Gasteiger partial charge in [-0.1, -0.05) is 12.1 Å². The number of benzene rings is 3. The number of hydrogen-bond acceptors (Lipinski definition) is 8. The van der Waals surface area contributed by atoms with E-state index in [2.05, 4.69) is 10.2 Å². The number of azo groups is 1. The van der Waals surface area contributed by atoms with Gasteiger partial charge in [0.1, 0.15) is 16.9 Å². The lowest BCUT2D eigenvalue weighted by Gasteiger charge is -2.25. The van der Waals surface area contributed by atoms with Gasteiger partial charge in [-0.15, -0.1) is 16.9 Å². The van der Waals surface area contributed by atoms with Gasteiger partial charge in [-0.3, -0.25) is 19.8 Å². The Bertz CT molecular complexity index is 1180. The highest BCUT2D eigenvalue weighted by Gasteiger charge is 2.35. The molecule has 0 aliphatic carbocycles. The number of para-hydroxylation sites is 1. The maximum atomic E-state index is 12.5. The highest BCUT2D eigenvalue weighted by atomic mass is 32.2. The van der Waals surface area contributed by atoms with Crippen molar-refractivity contribution in [2.24, 2.45) is 10.2 Å². The minimum atomic E-state index is -0.535. The first-order valence-electron chi connectivity index (χ1n) is 9.15. The zero-order chi connectivity index (χ0) is 22.0. The minimum Gasteiger partial charge on any atom is -0.508 e. The molecule has 0 spiro atoms. The van der Waals surface area contributed by atoms with Crippen LogP contribution in [-0.2, 0) is 4.79 Å². The Labute approximate surface area is 180 Å². The number of hydrogen-bond donors (Lipinski definition) is 2. The van der Waals surface area contributed by atoms with Gasteiger partial charge in [-0.25, -0.2) is 0 Å². The summed E-state index contributed by atoms with van der Waals surface area (Å²) in [6, 6.07) is 16.8. The van der Waals surface area contributed by atoms with Gasteiger partial charge in [0.2, 0.25) is 5.91 Å². The van der Waals surface area contributed by atoms with Gasteiger partial charge in [-0.2, -0.15) is 5.11 Å². The van der Waals surface area contributed by atoms with Crippen LogP contribution in [0.1, 0.15) is 10.9 Å². The molecule has 9 nitrogen and oxygen atoms in total. The molecule has 1 unspecified atom stereocenters. The molecule has 156 valence electrons. The molecule has 0 saturated carbocycles. The fraction of sp³-hybridized carbons (Fsp3) is 0.0952. The van der Waals surface area contributed by atoms with Gasteiger partial charge in [0.15, 0.2) is 5.69 Å². The molecule has 0 radical (unpaired) electrons. The van der Waals surface area contributed by atoms with Gasteiger partial charge < -0.3 is 10.2 Å². The number of nitro benzene ring substituents is 1. The molecule has 3 aromatic carbocycles. The Balaban J connectivity index is 1.67. The molecule has 1 aliphatic rings. The Kier molecular flexibility index (Phi) is 5.54. The van der Waals surface area contributed by atoms with E-state index in [1.807, 2.05) is 0 Å². The van der Waals surface area contributed by atoms with Gasteiger partial charge in [0.05, 0.1) is 16.4 Å². The van der Waals surface area contributed by atoms with E-state index in [-0.39, 0.29) is 34.5 Å². The van der Waals surface area contributed by atoms with Crippen LogP contribution in [0.25, 0.3) is 0 Å². The second kappa shape index (κ2) is 8.44. The van der Waals surface area contributed by atoms with Crippen molar-refractivity contribution in [3.63, 3.8) is 0 Å². The minimum absolute atomic E-state index is 0.0133. The van der Waals surface area contributed by atoms with E-state index in [9.17, 15) is 25.1 Å². The van der Waals surface area contributed by atoms with E-state index in [0.29, 0.717) is 16.9 Å². The number of nitrogens with zero attached hydrogens (tertiary/aromatic N) is 4. The predicted octanol–water partition coefficient (Wildman–Crippen LogP) is 5.20. The molecule has 10 heteroatoms. The van der Waals surface area contributed by atoms with Crippen LogP contribution in [0.15, 0.2) is 77.0 Å². The molecule has 1 atom stereocenters. The number of thioether (sulfide) groups is 1. The van der Waals surface area contributed by atoms with Crippen molar-refractivity contribution in [1.82, 2.24) is 0 Å². The van der Waals surface area contributed by atoms with Gasteiger partial charge >= 0.3 is 0 Å². The first kappa shape index (κ1) is 20.4. The van der Waals surface area contributed by atoms with Crippen LogP contribution in [0.2, 0.25) is 0 Å². The fourth-order valence-electron chi connectivity index (χ4n) is 3.16. The molecule has 1 saturated heterocycles. The quantitative estimate of drug-likeness (QED) is 0.321. The van der Waals surface area contributed by atoms with E-state index >= 15 is 0 Å². The average Bonchev–Trinajstić information content (AvgIpc) is 3.15. The molecule has 2 N–H and O–H groups in total. The normalized spacial score (nSPS) is 16.2. The molecule has 0 bridgehead atoms. The highest BCUT2D eigenvalue weighted by molar-refractivity contribution is 8.00. The van der Waals surface area contributed by atoms with Crippen molar-refractivity contribution >= 4 is 40.4 Å². The summed E-state index contributed by atoms with van der Waals surface area (Å²) in [5, 5.41) is 38.7. The van der Waals surface area contributed by atoms with Crippen molar-refractivity contribution in [2.75, 3.05) is 10.7 Å². The summed E-state index contributed by atoms with van der Waals surface area (Å²) in [6.45, 7) is 0. The molecule has 1 aliphatic heterocycles. The standard InChI is InChI=1S/C21H16N4O5S/c26-15-8-6-14(7-9-15)24-20(28)12-31-21(24)16-11-13(5-10-19(16)27)22-23-17-3-1-2-4-18(17)25(29)30/h1-11,21,26-27H,12H2. The number of phenolic OH excluding ortho intramolecular Hbond substituents is 2. The number of rotatable bonds is 5. The Hall–Kier alpha value is -3.92. The smallest absolute Gasteiger partial charge is 0.296 e. The van der Waals surface area contributed by atoms with E-state index in [0.717, 1.165) is 0 Å². The molecular weight excluding hydrogens is 420 g/mol. The van der Waals surface area contributed by atoms with Crippen molar-refractivity contribution < 1.29 is 19.9 Å². The fourth-order valence-corrected chi connectivity index (χ4v) is 4.36. The lowest BCUT2D eigenvalue weighted by molar-refractivity contribution is -0.384. The van der Waals surface area contributed by atoms with E-state index < -0.39 is 10.3 Å². The zero-order valence-corrected chi connectivity index (χ0v) is 16.8. The van der Waals surface area contributed by atoms with Crippen LogP contribution in [-0.4, -0.2) is 26.8 Å². The number of carbonyl (C=O) groups is 1. The maximum Gasteiger partial charge on any atom is 0.296 e. The molecule has 31 heavy (non-hydrogen) atoms. The third-order valence-corrected chi connectivity index (χ3v) is 5.82. The number of amides is 1. The summed E-state index contributed by atoms with van der Waals surface area (Å²) < 4.78 is 0. The van der Waals surface area contributed by atoms with Crippen molar-refractivity contribution in [2.45, 2.75) is 5.37 Å². The molecular formula is C21H16N4O5S. The zero-order valence-electron chi connectivity index (χ0n) is 16.0. The summed E-state index contributed by atoms with van der Waals surface area (Å²) in [4.78, 5) is 24.7. The van der Waals surface area contributed by atoms with Gasteiger partial charge in [0, 0.05) is 17.3 Å². The highest BCUT2D eigenvalue weighted by Crippen LogP contribution is 2.46. The van der Waals surface area contributed by atoms with Crippen LogP contribution in [0.3, 0.4) is 0 Å². The van der Waals surface area contributed by atoms with Crippen molar-refractivity contribution in [3.05, 3.63) is 82.4 Å². The Morgan fingerprint density at radius 2 is 1.77 bits per heavy atom. The summed E-state index contributed by atoms with van der Waals surface area (Å²) in [6.07, 6.45) is 0. The largest absolute Gasteiger partial charge is 0.508 e. The third-order valence-electron chi connectivity index (χ3n) is 4.62. The van der Waals surface area contributed by atoms with Crippen LogP contribution in [0.4, 0.5) is 22.7 Å². The SMILES string of the molecule is O=C1CSC(c2cc(N=Nc3ccccc3[N+](=O)[O-])ccc2O)N1c1ccc(O)cc1. The number of anilines is 1. The molecule has 0 aromatic heterocycles. The van der Waals surface area contributed by atoms with Crippen LogP contribution in [0.5, 0.6) is 11.5 Å². The monoisotopic (exact) mass is 436 g/mol. The van der Waals surface area contributed by atoms with Crippen molar-refractivity contribution in [3.8, 4) is 11.5 Å². The maximum absolute atomic E-state index is 12.5. The summed E-state index contributed by atoms with van der Waals surface area (Å²) in [5.74, 6) is 0.167. The van der Waals surface area contributed by atoms with Gasteiger partial charge in [-0.05, 0) is 48.5 Å². The lowest BCUT2D eigenvalue weighted by atomic mass is 10.1. The Morgan fingerprint density at radius 1 is 1.03 bits per heavy atom. The number of nitro groups is 1. The van der Waals surface area contributed by atoms with E-state index in [1.54, 1.807) is 35.2 Å². The Morgan fingerprint density at radius 3 is 2.52 bits per heavy atom. The van der Waals surface area contributed by atoms with E-state index in [1.165, 1.54) is 48.2 Å². The van der Waals surface area contributed by atoms with Crippen LogP contribution in [0, 0.1) is 10.1 Å². The molecule has 1 heterocycles. The van der Waals surface area contributed by atoms with Crippen LogP contribution < -0.4 is 4.90 Å². The first-order valence-corrected chi connectivity index (χ1v) is 10.2. The third kappa shape index (κ3) is 4.19. The summed E-state index contributed by atoms with van der Waals surface area (Å²) >= 11 is 1.35. The second-order valence-electron chi connectivity index (χ2n) is 6.63. The molecule has 3 aromatic rings. The second-order valence-corrected chi connectivity index (χ2v) is 7.70. The number of aromatic hydroxyl groups is 2. The lowest BCUT2D eigenvalue weighted by Crippen LogP contribution is -2.27. The first-order chi connectivity index (χ1) is 14.9. The predicted molar refractivity (Wildman–Crippen MR) is 116 cm³/mol. The topological polar surface area (TPSA) is 129 Å². The van der Waals surface area contributed by atoms with Crippen molar-refractivity contribution in [1.29, 1.82) is 0 Å². The molecule has 1 amide bonds. The average molecular weight is 436 g/mol. The molecule has 4 rings (SSSR count). The van der Waals surface area contributed by atoms with E-state index in [4.69, 9.17) is 0 Å². The summed E-state index contributed by atoms with van der Waals surface area (Å²) in [5.41, 5.74) is 1.36. The summed E-state index contributed by atoms with van der Waals surface area (Å²) in [7, 11) is 0. The number of carbonyl (C=O) groups excluding carboxylic acids is 1.